The highest BCUT2D eigenvalue weighted by Crippen LogP contribution is 2.10. The number of nitrogens with two attached hydrogens (primary N) is 1. The highest BCUT2D eigenvalue weighted by atomic mass is 16.5. The highest BCUT2D eigenvalue weighted by Gasteiger charge is 1.96. The number of nitrogens with zero attached hydrogens (tertiary/aromatic N) is 1. The van der Waals surface area contributed by atoms with Crippen LogP contribution < -0.4 is 10.5 Å². The van der Waals surface area contributed by atoms with Crippen LogP contribution in [0, 0.1) is 0 Å². The summed E-state index contributed by atoms with van der Waals surface area (Å²) in [6.45, 7) is 3.34. The molecule has 0 bridgehead atoms. The quantitative estimate of drug-likeness (QED) is 0.744. The van der Waals surface area contributed by atoms with Crippen LogP contribution in [-0.4, -0.2) is 18.1 Å². The van der Waals surface area contributed by atoms with E-state index in [4.69, 9.17) is 10.5 Å². The lowest BCUT2D eigenvalue weighted by atomic mass is 10.1. The van der Waals surface area contributed by atoms with E-state index < -0.39 is 0 Å². The first-order valence-corrected chi connectivity index (χ1v) is 4.64. The minimum absolute atomic E-state index is 0.660. The molecule has 1 rings (SSSR count). The molecule has 0 aromatic carbocycles. The molecule has 0 fully saturated rings. The molecule has 0 aliphatic rings. The van der Waals surface area contributed by atoms with Crippen LogP contribution in [0.25, 0.3) is 0 Å². The van der Waals surface area contributed by atoms with Gasteiger partial charge in [0.25, 0.3) is 0 Å². The molecule has 0 radical (unpaired) electrons. The molecule has 3 heteroatoms. The van der Waals surface area contributed by atoms with Gasteiger partial charge in [-0.25, -0.2) is 4.98 Å². The number of aromatic nitrogens is 1. The Hall–Kier alpha value is -1.09. The summed E-state index contributed by atoms with van der Waals surface area (Å²) in [4.78, 5) is 4.08. The van der Waals surface area contributed by atoms with Gasteiger partial charge in [0, 0.05) is 12.3 Å². The van der Waals surface area contributed by atoms with Crippen LogP contribution in [0.15, 0.2) is 18.3 Å². The topological polar surface area (TPSA) is 48.1 Å². The molecule has 0 saturated carbocycles. The molecule has 1 heterocycles. The van der Waals surface area contributed by atoms with E-state index >= 15 is 0 Å². The zero-order chi connectivity index (χ0) is 9.52. The third-order valence-electron chi connectivity index (χ3n) is 1.76. The molecule has 0 unspecified atom stereocenters. The Morgan fingerprint density at radius 2 is 2.38 bits per heavy atom. The third kappa shape index (κ3) is 3.42. The normalized spacial score (nSPS) is 10.0. The second-order valence-corrected chi connectivity index (χ2v) is 2.83. The molecule has 0 aliphatic carbocycles. The first kappa shape index (κ1) is 9.99. The van der Waals surface area contributed by atoms with E-state index in [9.17, 15) is 0 Å². The molecular formula is C10H16N2O. The fraction of sp³-hybridized carbons (Fsp3) is 0.500. The molecule has 0 aliphatic heterocycles. The summed E-state index contributed by atoms with van der Waals surface area (Å²) >= 11 is 0. The fourth-order valence-electron chi connectivity index (χ4n) is 1.14. The van der Waals surface area contributed by atoms with E-state index in [0.717, 1.165) is 19.4 Å². The summed E-state index contributed by atoms with van der Waals surface area (Å²) in [7, 11) is 0. The van der Waals surface area contributed by atoms with Crippen molar-refractivity contribution in [2.24, 2.45) is 5.73 Å². The summed E-state index contributed by atoms with van der Waals surface area (Å²) in [6.07, 6.45) is 3.78. The molecule has 0 spiro atoms. The maximum atomic E-state index is 5.43. The predicted octanol–water partition coefficient (Wildman–Crippen LogP) is 1.37. The lowest BCUT2D eigenvalue weighted by Crippen LogP contribution is -2.01. The molecule has 0 saturated heterocycles. The van der Waals surface area contributed by atoms with E-state index in [1.165, 1.54) is 5.56 Å². The smallest absolute Gasteiger partial charge is 0.213 e. The minimum Gasteiger partial charge on any atom is -0.478 e. The Labute approximate surface area is 78.9 Å². The average molecular weight is 180 g/mol. The van der Waals surface area contributed by atoms with Crippen molar-refractivity contribution in [3.8, 4) is 5.88 Å². The Morgan fingerprint density at radius 3 is 3.08 bits per heavy atom. The summed E-state index contributed by atoms with van der Waals surface area (Å²) in [6, 6.07) is 3.97. The Morgan fingerprint density at radius 1 is 1.54 bits per heavy atom. The van der Waals surface area contributed by atoms with Crippen molar-refractivity contribution in [3.05, 3.63) is 23.9 Å². The van der Waals surface area contributed by atoms with Crippen LogP contribution >= 0.6 is 0 Å². The first-order valence-electron chi connectivity index (χ1n) is 4.64. The van der Waals surface area contributed by atoms with Gasteiger partial charge >= 0.3 is 0 Å². The lowest BCUT2D eigenvalue weighted by molar-refractivity contribution is 0.326. The van der Waals surface area contributed by atoms with E-state index in [-0.39, 0.29) is 0 Å². The standard InChI is InChI=1S/C10H16N2O/c1-2-13-10-8-9(4-3-6-11)5-7-12-10/h5,7-8H,2-4,6,11H2,1H3. The van der Waals surface area contributed by atoms with Crippen molar-refractivity contribution in [1.29, 1.82) is 0 Å². The van der Waals surface area contributed by atoms with Crippen LogP contribution in [0.1, 0.15) is 18.9 Å². The number of aryl methyl sites for hydroxylation is 1. The summed E-state index contributed by atoms with van der Waals surface area (Å²) in [5.74, 6) is 0.706. The fourth-order valence-corrected chi connectivity index (χ4v) is 1.14. The number of ether oxygens (including phenoxy) is 1. The van der Waals surface area contributed by atoms with E-state index in [2.05, 4.69) is 4.98 Å². The van der Waals surface area contributed by atoms with E-state index in [0.29, 0.717) is 12.5 Å². The zero-order valence-electron chi connectivity index (χ0n) is 7.99. The molecular weight excluding hydrogens is 164 g/mol. The van der Waals surface area contributed by atoms with Crippen LogP contribution in [-0.2, 0) is 6.42 Å². The van der Waals surface area contributed by atoms with Gasteiger partial charge in [-0.15, -0.1) is 0 Å². The van der Waals surface area contributed by atoms with Crippen LogP contribution in [0.4, 0.5) is 0 Å². The van der Waals surface area contributed by atoms with Gasteiger partial charge in [-0.1, -0.05) is 0 Å². The van der Waals surface area contributed by atoms with Crippen LogP contribution in [0.3, 0.4) is 0 Å². The van der Waals surface area contributed by atoms with Crippen LogP contribution in [0.2, 0.25) is 0 Å². The van der Waals surface area contributed by atoms with Gasteiger partial charge in [-0.2, -0.15) is 0 Å². The van der Waals surface area contributed by atoms with Crippen molar-refractivity contribution >= 4 is 0 Å². The van der Waals surface area contributed by atoms with Crippen LogP contribution in [0.5, 0.6) is 5.88 Å². The Bertz CT molecular complexity index is 250. The maximum Gasteiger partial charge on any atom is 0.213 e. The van der Waals surface area contributed by atoms with E-state index in [1.807, 2.05) is 19.1 Å². The van der Waals surface area contributed by atoms with Crippen molar-refractivity contribution in [2.75, 3.05) is 13.2 Å². The van der Waals surface area contributed by atoms with Crippen molar-refractivity contribution in [1.82, 2.24) is 4.98 Å². The zero-order valence-corrected chi connectivity index (χ0v) is 7.99. The molecule has 13 heavy (non-hydrogen) atoms. The van der Waals surface area contributed by atoms with Gasteiger partial charge in [0.2, 0.25) is 5.88 Å². The molecule has 1 aromatic rings. The monoisotopic (exact) mass is 180 g/mol. The number of rotatable bonds is 5. The average Bonchev–Trinajstić information content (AvgIpc) is 2.16. The van der Waals surface area contributed by atoms with Crippen molar-refractivity contribution in [2.45, 2.75) is 19.8 Å². The van der Waals surface area contributed by atoms with Gasteiger partial charge in [0.1, 0.15) is 0 Å². The molecule has 1 aromatic heterocycles. The molecule has 0 atom stereocenters. The van der Waals surface area contributed by atoms with Gasteiger partial charge in [0.05, 0.1) is 6.61 Å². The minimum atomic E-state index is 0.660. The van der Waals surface area contributed by atoms with Gasteiger partial charge in [-0.05, 0) is 37.9 Å². The second-order valence-electron chi connectivity index (χ2n) is 2.83. The number of hydrogen-bond donors (Lipinski definition) is 1. The summed E-state index contributed by atoms with van der Waals surface area (Å²) < 4.78 is 5.28. The van der Waals surface area contributed by atoms with E-state index in [1.54, 1.807) is 6.20 Å². The van der Waals surface area contributed by atoms with Gasteiger partial charge in [-0.3, -0.25) is 0 Å². The SMILES string of the molecule is CCOc1cc(CCCN)ccn1. The summed E-state index contributed by atoms with van der Waals surface area (Å²) in [5.41, 5.74) is 6.67. The first-order chi connectivity index (χ1) is 6.36. The Balaban J connectivity index is 2.56. The largest absolute Gasteiger partial charge is 0.478 e. The van der Waals surface area contributed by atoms with Crippen molar-refractivity contribution < 1.29 is 4.74 Å². The van der Waals surface area contributed by atoms with Gasteiger partial charge in [0.15, 0.2) is 0 Å². The third-order valence-corrected chi connectivity index (χ3v) is 1.76. The Kier molecular flexibility index (Phi) is 4.26. The molecule has 72 valence electrons. The molecule has 0 amide bonds. The van der Waals surface area contributed by atoms with Gasteiger partial charge < -0.3 is 10.5 Å². The van der Waals surface area contributed by atoms with Crippen molar-refractivity contribution in [3.63, 3.8) is 0 Å². The summed E-state index contributed by atoms with van der Waals surface area (Å²) in [5, 5.41) is 0. The second kappa shape index (κ2) is 5.54. The lowest BCUT2D eigenvalue weighted by Gasteiger charge is -2.03. The number of pyridine rings is 1. The molecule has 2 N–H and O–H groups in total. The molecule has 3 nitrogen and oxygen atoms in total. The number of hydrogen-bond acceptors (Lipinski definition) is 3. The highest BCUT2D eigenvalue weighted by molar-refractivity contribution is 5.20. The predicted molar refractivity (Wildman–Crippen MR) is 52.8 cm³/mol. The maximum absolute atomic E-state index is 5.43.